The number of allylic oxidation sites excluding steroid dienone is 1. The minimum absolute atomic E-state index is 0.0241. The van der Waals surface area contributed by atoms with E-state index in [4.69, 9.17) is 19.3 Å². The van der Waals surface area contributed by atoms with E-state index in [0.717, 1.165) is 0 Å². The van der Waals surface area contributed by atoms with Gasteiger partial charge in [0.15, 0.2) is 0 Å². The first kappa shape index (κ1) is 15.8. The van der Waals surface area contributed by atoms with Crippen LogP contribution >= 0.6 is 0 Å². The van der Waals surface area contributed by atoms with E-state index in [0.29, 0.717) is 28.5 Å². The van der Waals surface area contributed by atoms with Crippen molar-refractivity contribution in [3.8, 4) is 11.8 Å². The largest absolute Gasteiger partial charge is 0.468 e. The molecule has 1 aliphatic heterocycles. The van der Waals surface area contributed by atoms with Gasteiger partial charge in [-0.1, -0.05) is 0 Å². The summed E-state index contributed by atoms with van der Waals surface area (Å²) in [6, 6.07) is 10.7. The molecule has 1 atom stereocenters. The van der Waals surface area contributed by atoms with Gasteiger partial charge in [-0.3, -0.25) is 4.79 Å². The lowest BCUT2D eigenvalue weighted by atomic mass is 9.88. The van der Waals surface area contributed by atoms with Crippen molar-refractivity contribution in [2.45, 2.75) is 19.4 Å². The summed E-state index contributed by atoms with van der Waals surface area (Å²) < 4.78 is 18.0. The fourth-order valence-electron chi connectivity index (χ4n) is 3.18. The van der Waals surface area contributed by atoms with Gasteiger partial charge in [-0.05, 0) is 31.2 Å². The molecule has 26 heavy (non-hydrogen) atoms. The molecule has 4 heterocycles. The Morgan fingerprint density at radius 2 is 2.04 bits per heavy atom. The number of furan rings is 2. The van der Waals surface area contributed by atoms with Crippen molar-refractivity contribution in [3.63, 3.8) is 0 Å². The van der Waals surface area contributed by atoms with E-state index in [2.05, 4.69) is 0 Å². The number of rotatable bonds is 3. The second-order valence-corrected chi connectivity index (χ2v) is 5.97. The number of aryl methyl sites for hydroxylation is 1. The highest BCUT2D eigenvalue weighted by atomic mass is 16.5. The lowest BCUT2D eigenvalue weighted by molar-refractivity contribution is 0.378. The summed E-state index contributed by atoms with van der Waals surface area (Å²) in [5.41, 5.74) is 6.80. The maximum absolute atomic E-state index is 13.3. The van der Waals surface area contributed by atoms with Gasteiger partial charge in [0.05, 0.1) is 30.6 Å². The van der Waals surface area contributed by atoms with Gasteiger partial charge in [0.2, 0.25) is 5.88 Å². The number of nitriles is 1. The van der Waals surface area contributed by atoms with Crippen LogP contribution in [0.15, 0.2) is 67.9 Å². The van der Waals surface area contributed by atoms with E-state index in [9.17, 15) is 10.1 Å². The van der Waals surface area contributed by atoms with Crippen molar-refractivity contribution in [1.82, 2.24) is 4.57 Å². The maximum atomic E-state index is 13.3. The van der Waals surface area contributed by atoms with Gasteiger partial charge >= 0.3 is 0 Å². The zero-order chi connectivity index (χ0) is 18.3. The zero-order valence-electron chi connectivity index (χ0n) is 13.9. The number of pyridine rings is 1. The van der Waals surface area contributed by atoms with Gasteiger partial charge in [0, 0.05) is 11.8 Å². The van der Waals surface area contributed by atoms with E-state index in [1.807, 2.05) is 6.07 Å². The van der Waals surface area contributed by atoms with Crippen LogP contribution in [0.5, 0.6) is 5.75 Å². The molecule has 130 valence electrons. The van der Waals surface area contributed by atoms with E-state index in [-0.39, 0.29) is 23.6 Å². The van der Waals surface area contributed by atoms with Crippen LogP contribution < -0.4 is 16.0 Å². The van der Waals surface area contributed by atoms with E-state index < -0.39 is 5.92 Å². The quantitative estimate of drug-likeness (QED) is 0.779. The average Bonchev–Trinajstić information content (AvgIpc) is 3.31. The van der Waals surface area contributed by atoms with Crippen LogP contribution in [-0.4, -0.2) is 4.57 Å². The Morgan fingerprint density at radius 3 is 2.69 bits per heavy atom. The highest BCUT2D eigenvalue weighted by molar-refractivity contribution is 5.53. The first-order chi connectivity index (χ1) is 12.6. The lowest BCUT2D eigenvalue weighted by Gasteiger charge is -2.25. The van der Waals surface area contributed by atoms with Crippen LogP contribution in [0, 0.1) is 18.3 Å². The van der Waals surface area contributed by atoms with Gasteiger partial charge in [0.25, 0.3) is 5.56 Å². The fourth-order valence-corrected chi connectivity index (χ4v) is 3.18. The monoisotopic (exact) mass is 349 g/mol. The van der Waals surface area contributed by atoms with Gasteiger partial charge in [-0.2, -0.15) is 5.26 Å². The number of aromatic nitrogens is 1. The van der Waals surface area contributed by atoms with Gasteiger partial charge in [0.1, 0.15) is 28.9 Å². The normalized spacial score (nSPS) is 16.1. The Kier molecular flexibility index (Phi) is 3.66. The average molecular weight is 349 g/mol. The Bertz CT molecular complexity index is 1080. The molecule has 3 aromatic heterocycles. The number of hydrogen-bond donors (Lipinski definition) is 1. The summed E-state index contributed by atoms with van der Waals surface area (Å²) in [6.07, 6.45) is 3.05. The van der Waals surface area contributed by atoms with Crippen molar-refractivity contribution in [3.05, 3.63) is 87.4 Å². The molecule has 0 fully saturated rings. The molecule has 0 radical (unpaired) electrons. The predicted octanol–water partition coefficient (Wildman–Crippen LogP) is 2.61. The lowest BCUT2D eigenvalue weighted by Crippen LogP contribution is -2.32. The highest BCUT2D eigenvalue weighted by Crippen LogP contribution is 2.40. The molecule has 0 aliphatic carbocycles. The number of nitrogens with zero attached hydrogens (tertiary/aromatic N) is 2. The smallest absolute Gasteiger partial charge is 0.259 e. The fraction of sp³-hybridized carbons (Fsp3) is 0.158. The third-order valence-electron chi connectivity index (χ3n) is 4.41. The molecule has 0 saturated heterocycles. The SMILES string of the molecule is Cc1cc2c(c(=O)n1Cc1ccco1)C(c1ccco1)C(C#N)=C(N)O2. The Balaban J connectivity index is 1.94. The minimum Gasteiger partial charge on any atom is -0.468 e. The summed E-state index contributed by atoms with van der Waals surface area (Å²) in [5.74, 6) is 0.705. The molecule has 0 spiro atoms. The summed E-state index contributed by atoms with van der Waals surface area (Å²) in [5, 5.41) is 9.55. The molecule has 1 unspecified atom stereocenters. The molecule has 7 heteroatoms. The Labute approximate surface area is 148 Å². The van der Waals surface area contributed by atoms with Crippen molar-refractivity contribution in [1.29, 1.82) is 5.26 Å². The first-order valence-electron chi connectivity index (χ1n) is 7.98. The van der Waals surface area contributed by atoms with Gasteiger partial charge < -0.3 is 23.9 Å². The summed E-state index contributed by atoms with van der Waals surface area (Å²) in [6.45, 7) is 2.08. The number of hydrogen-bond acceptors (Lipinski definition) is 6. The molecule has 4 rings (SSSR count). The maximum Gasteiger partial charge on any atom is 0.259 e. The molecule has 0 bridgehead atoms. The van der Waals surface area contributed by atoms with Gasteiger partial charge in [-0.25, -0.2) is 0 Å². The van der Waals surface area contributed by atoms with Crippen molar-refractivity contribution < 1.29 is 13.6 Å². The molecular weight excluding hydrogens is 334 g/mol. The van der Waals surface area contributed by atoms with Crippen LogP contribution in [0.2, 0.25) is 0 Å². The number of ether oxygens (including phenoxy) is 1. The van der Waals surface area contributed by atoms with Crippen molar-refractivity contribution in [2.75, 3.05) is 0 Å². The molecule has 3 aromatic rings. The van der Waals surface area contributed by atoms with Crippen molar-refractivity contribution >= 4 is 0 Å². The van der Waals surface area contributed by atoms with Crippen LogP contribution in [-0.2, 0) is 6.54 Å². The molecular formula is C19H15N3O4. The number of nitrogens with two attached hydrogens (primary N) is 1. The third-order valence-corrected chi connectivity index (χ3v) is 4.41. The Hall–Kier alpha value is -3.66. The van der Waals surface area contributed by atoms with Crippen LogP contribution in [0.1, 0.15) is 28.7 Å². The first-order valence-corrected chi connectivity index (χ1v) is 7.98. The van der Waals surface area contributed by atoms with Crippen molar-refractivity contribution in [2.24, 2.45) is 5.73 Å². The third kappa shape index (κ3) is 2.40. The van der Waals surface area contributed by atoms with Gasteiger partial charge in [-0.15, -0.1) is 0 Å². The molecule has 0 saturated carbocycles. The Morgan fingerprint density at radius 1 is 1.27 bits per heavy atom. The second kappa shape index (κ2) is 6.01. The highest BCUT2D eigenvalue weighted by Gasteiger charge is 2.36. The summed E-state index contributed by atoms with van der Waals surface area (Å²) in [4.78, 5) is 13.3. The standard InChI is InChI=1S/C19H15N3O4/c1-11-8-15-17(19(23)22(11)10-12-4-2-6-24-12)16(14-5-3-7-25-14)13(9-20)18(21)26-15/h2-8,16H,10,21H2,1H3. The van der Waals surface area contributed by atoms with E-state index >= 15 is 0 Å². The summed E-state index contributed by atoms with van der Waals surface area (Å²) >= 11 is 0. The van der Waals surface area contributed by atoms with Crippen LogP contribution in [0.25, 0.3) is 0 Å². The topological polar surface area (TPSA) is 107 Å². The van der Waals surface area contributed by atoms with Crippen LogP contribution in [0.4, 0.5) is 0 Å². The summed E-state index contributed by atoms with van der Waals surface area (Å²) in [7, 11) is 0. The van der Waals surface area contributed by atoms with E-state index in [1.165, 1.54) is 6.26 Å². The second-order valence-electron chi connectivity index (χ2n) is 5.97. The predicted molar refractivity (Wildman–Crippen MR) is 91.3 cm³/mol. The molecule has 0 amide bonds. The molecule has 2 N–H and O–H groups in total. The number of fused-ring (bicyclic) bond motifs is 1. The minimum atomic E-state index is -0.713. The molecule has 1 aliphatic rings. The zero-order valence-corrected chi connectivity index (χ0v) is 13.9. The molecule has 0 aromatic carbocycles. The van der Waals surface area contributed by atoms with Crippen LogP contribution in [0.3, 0.4) is 0 Å². The molecule has 7 nitrogen and oxygen atoms in total. The van der Waals surface area contributed by atoms with E-state index in [1.54, 1.807) is 48.1 Å².